The summed E-state index contributed by atoms with van der Waals surface area (Å²) in [6, 6.07) is 6.40. The molecule has 1 amide bonds. The summed E-state index contributed by atoms with van der Waals surface area (Å²) in [6.07, 6.45) is 1.72. The van der Waals surface area contributed by atoms with Crippen LogP contribution in [0.1, 0.15) is 18.1 Å². The maximum atomic E-state index is 12.3. The largest absolute Gasteiger partial charge is 0.310 e. The number of fused-ring (bicyclic) bond motifs is 1. The molecule has 0 saturated heterocycles. The number of hydrogen-bond acceptors (Lipinski definition) is 4. The molecular weight excluding hydrogens is 278 g/mol. The van der Waals surface area contributed by atoms with Crippen LogP contribution in [0.5, 0.6) is 0 Å². The molecule has 0 aromatic heterocycles. The van der Waals surface area contributed by atoms with Crippen LogP contribution in [0, 0.1) is 11.3 Å². The van der Waals surface area contributed by atoms with Crippen LogP contribution >= 0.6 is 0 Å². The molecule has 1 aliphatic rings. The number of carbonyl (C=O) groups is 1. The van der Waals surface area contributed by atoms with Gasteiger partial charge in [0.05, 0.1) is 23.9 Å². The molecule has 7 heteroatoms. The lowest BCUT2D eigenvalue weighted by Gasteiger charge is -2.21. The Labute approximate surface area is 118 Å². The number of nitrogens with one attached hydrogen (secondary N) is 1. The normalized spacial score (nSPS) is 15.6. The van der Waals surface area contributed by atoms with Gasteiger partial charge in [-0.1, -0.05) is 6.07 Å². The van der Waals surface area contributed by atoms with E-state index in [0.717, 1.165) is 11.8 Å². The molecule has 1 aromatic rings. The van der Waals surface area contributed by atoms with Gasteiger partial charge in [0.1, 0.15) is 0 Å². The van der Waals surface area contributed by atoms with Crippen LogP contribution in [0.2, 0.25) is 0 Å². The summed E-state index contributed by atoms with van der Waals surface area (Å²) in [4.78, 5) is 13.8. The average Bonchev–Trinajstić information content (AvgIpc) is 2.78. The first-order valence-corrected chi connectivity index (χ1v) is 8.02. The summed E-state index contributed by atoms with van der Waals surface area (Å²) in [7, 11) is -3.44. The van der Waals surface area contributed by atoms with Crippen molar-refractivity contribution < 1.29 is 13.2 Å². The van der Waals surface area contributed by atoms with Crippen molar-refractivity contribution in [3.05, 3.63) is 29.3 Å². The number of hydrogen-bond donors (Lipinski definition) is 1. The van der Waals surface area contributed by atoms with E-state index in [-0.39, 0.29) is 5.91 Å². The Bertz CT molecular complexity index is 691. The van der Waals surface area contributed by atoms with E-state index in [9.17, 15) is 13.2 Å². The first-order valence-electron chi connectivity index (χ1n) is 6.13. The summed E-state index contributed by atoms with van der Waals surface area (Å²) in [5, 5.41) is 8.91. The van der Waals surface area contributed by atoms with Gasteiger partial charge in [0, 0.05) is 12.2 Å². The highest BCUT2D eigenvalue weighted by molar-refractivity contribution is 7.88. The molecule has 0 spiro atoms. The van der Waals surface area contributed by atoms with Crippen molar-refractivity contribution in [2.75, 3.05) is 17.7 Å². The summed E-state index contributed by atoms with van der Waals surface area (Å²) >= 11 is 0. The fourth-order valence-corrected chi connectivity index (χ4v) is 3.03. The minimum absolute atomic E-state index is 0.315. The lowest BCUT2D eigenvalue weighted by Crippen LogP contribution is -2.46. The molecule has 1 aliphatic heterocycles. The van der Waals surface area contributed by atoms with Gasteiger partial charge in [-0.15, -0.1) is 0 Å². The topological polar surface area (TPSA) is 90.3 Å². The molecule has 1 unspecified atom stereocenters. The van der Waals surface area contributed by atoms with Crippen LogP contribution in [-0.2, 0) is 21.2 Å². The minimum Gasteiger partial charge on any atom is -0.310 e. The first-order chi connectivity index (χ1) is 9.31. The fourth-order valence-electron chi connectivity index (χ4n) is 2.28. The van der Waals surface area contributed by atoms with Crippen molar-refractivity contribution in [1.82, 2.24) is 4.72 Å². The number of nitriles is 1. The van der Waals surface area contributed by atoms with Gasteiger partial charge in [-0.05, 0) is 31.0 Å². The molecule has 0 saturated carbocycles. The molecule has 0 radical (unpaired) electrons. The number of nitrogens with zero attached hydrogens (tertiary/aromatic N) is 2. The summed E-state index contributed by atoms with van der Waals surface area (Å²) < 4.78 is 24.6. The number of benzene rings is 1. The second kappa shape index (κ2) is 5.23. The Morgan fingerprint density at radius 3 is 2.80 bits per heavy atom. The summed E-state index contributed by atoms with van der Waals surface area (Å²) in [5.74, 6) is -0.315. The summed E-state index contributed by atoms with van der Waals surface area (Å²) in [6.45, 7) is 2.01. The van der Waals surface area contributed by atoms with Crippen molar-refractivity contribution in [3.8, 4) is 6.07 Å². The molecular formula is C13H15N3O3S. The molecule has 1 aromatic carbocycles. The molecule has 0 aliphatic carbocycles. The molecule has 2 rings (SSSR count). The van der Waals surface area contributed by atoms with Crippen LogP contribution in [0.25, 0.3) is 0 Å². The van der Waals surface area contributed by atoms with E-state index in [1.807, 2.05) is 12.1 Å². The minimum atomic E-state index is -3.44. The van der Waals surface area contributed by atoms with E-state index >= 15 is 0 Å². The van der Waals surface area contributed by atoms with Crippen LogP contribution in [0.15, 0.2) is 18.2 Å². The predicted octanol–water partition coefficient (Wildman–Crippen LogP) is 0.385. The molecule has 0 bridgehead atoms. The van der Waals surface area contributed by atoms with Crippen LogP contribution in [0.4, 0.5) is 5.69 Å². The lowest BCUT2D eigenvalue weighted by atomic mass is 10.1. The predicted molar refractivity (Wildman–Crippen MR) is 74.7 cm³/mol. The third kappa shape index (κ3) is 2.98. The van der Waals surface area contributed by atoms with Gasteiger partial charge >= 0.3 is 0 Å². The molecule has 1 N–H and O–H groups in total. The Morgan fingerprint density at radius 2 is 2.20 bits per heavy atom. The van der Waals surface area contributed by atoms with E-state index < -0.39 is 16.1 Å². The SMILES string of the molecule is CC(NS(C)(=O)=O)C(=O)N1CCc2ccc(C#N)cc21. The maximum absolute atomic E-state index is 12.3. The van der Waals surface area contributed by atoms with Crippen molar-refractivity contribution in [3.63, 3.8) is 0 Å². The molecule has 20 heavy (non-hydrogen) atoms. The Balaban J connectivity index is 2.25. The standard InChI is InChI=1S/C13H15N3O3S/c1-9(15-20(2,18)19)13(17)16-6-5-11-4-3-10(8-14)7-12(11)16/h3-4,7,9,15H,5-6H2,1-2H3. The van der Waals surface area contributed by atoms with E-state index in [0.29, 0.717) is 24.2 Å². The van der Waals surface area contributed by atoms with E-state index in [2.05, 4.69) is 4.72 Å². The van der Waals surface area contributed by atoms with Crippen LogP contribution in [0.3, 0.4) is 0 Å². The van der Waals surface area contributed by atoms with Gasteiger partial charge in [-0.3, -0.25) is 4.79 Å². The quantitative estimate of drug-likeness (QED) is 0.872. The van der Waals surface area contributed by atoms with E-state index in [4.69, 9.17) is 5.26 Å². The van der Waals surface area contributed by atoms with Gasteiger partial charge in [0.25, 0.3) is 0 Å². The molecule has 0 fully saturated rings. The zero-order chi connectivity index (χ0) is 14.9. The van der Waals surface area contributed by atoms with Crippen molar-refractivity contribution >= 4 is 21.6 Å². The Kier molecular flexibility index (Phi) is 3.79. The lowest BCUT2D eigenvalue weighted by molar-refractivity contribution is -0.119. The number of amides is 1. The van der Waals surface area contributed by atoms with Crippen molar-refractivity contribution in [2.24, 2.45) is 0 Å². The third-order valence-electron chi connectivity index (χ3n) is 3.14. The van der Waals surface area contributed by atoms with Gasteiger partial charge in [-0.2, -0.15) is 5.26 Å². The number of rotatable bonds is 3. The van der Waals surface area contributed by atoms with Gasteiger partial charge < -0.3 is 4.90 Å². The highest BCUT2D eigenvalue weighted by Gasteiger charge is 2.29. The van der Waals surface area contributed by atoms with Gasteiger partial charge in [0.2, 0.25) is 15.9 Å². The zero-order valence-corrected chi connectivity index (χ0v) is 12.1. The molecule has 1 atom stereocenters. The summed E-state index contributed by atoms with van der Waals surface area (Å²) in [5.41, 5.74) is 2.16. The third-order valence-corrected chi connectivity index (χ3v) is 3.92. The second-order valence-electron chi connectivity index (χ2n) is 4.81. The fraction of sp³-hybridized carbons (Fsp3) is 0.385. The highest BCUT2D eigenvalue weighted by Crippen LogP contribution is 2.29. The number of sulfonamides is 1. The Hall–Kier alpha value is -1.91. The first kappa shape index (κ1) is 14.5. The number of carbonyl (C=O) groups excluding carboxylic acids is 1. The zero-order valence-electron chi connectivity index (χ0n) is 11.3. The van der Waals surface area contributed by atoms with E-state index in [1.165, 1.54) is 11.8 Å². The molecule has 6 nitrogen and oxygen atoms in total. The van der Waals surface area contributed by atoms with Gasteiger partial charge in [-0.25, -0.2) is 13.1 Å². The molecule has 1 heterocycles. The van der Waals surface area contributed by atoms with Crippen LogP contribution in [-0.4, -0.2) is 33.2 Å². The van der Waals surface area contributed by atoms with Gasteiger partial charge in [0.15, 0.2) is 0 Å². The van der Waals surface area contributed by atoms with Crippen LogP contribution < -0.4 is 9.62 Å². The van der Waals surface area contributed by atoms with Crippen molar-refractivity contribution in [1.29, 1.82) is 5.26 Å². The number of anilines is 1. The smallest absolute Gasteiger partial charge is 0.244 e. The monoisotopic (exact) mass is 293 g/mol. The Morgan fingerprint density at radius 1 is 1.50 bits per heavy atom. The van der Waals surface area contributed by atoms with Crippen molar-refractivity contribution in [2.45, 2.75) is 19.4 Å². The average molecular weight is 293 g/mol. The molecule has 106 valence electrons. The van der Waals surface area contributed by atoms with E-state index in [1.54, 1.807) is 12.1 Å². The maximum Gasteiger partial charge on any atom is 0.244 e. The highest BCUT2D eigenvalue weighted by atomic mass is 32.2. The second-order valence-corrected chi connectivity index (χ2v) is 6.59.